The molecule has 0 heterocycles. The largest absolute Gasteiger partial charge is 0.481 e. The van der Waals surface area contributed by atoms with Gasteiger partial charge in [-0.15, -0.1) is 0 Å². The van der Waals surface area contributed by atoms with Crippen LogP contribution in [0.1, 0.15) is 41.0 Å². The number of hydrogen-bond acceptors (Lipinski definition) is 3. The summed E-state index contributed by atoms with van der Waals surface area (Å²) in [5.74, 6) is -0.948. The standard InChI is InChI=1S/C8H15NO4.C2H6/c1-8(2,3)13-7(12)9-5-4-6(10)11;1-2/h4-5H2,1-3H3,(H,9,12)(H,10,11);1-2H3. The van der Waals surface area contributed by atoms with Crippen molar-refractivity contribution in [3.63, 3.8) is 0 Å². The minimum Gasteiger partial charge on any atom is -0.481 e. The van der Waals surface area contributed by atoms with E-state index in [0.717, 1.165) is 0 Å². The van der Waals surface area contributed by atoms with Gasteiger partial charge in [0.15, 0.2) is 0 Å². The number of alkyl carbamates (subject to hydrolysis) is 1. The van der Waals surface area contributed by atoms with Crippen LogP contribution >= 0.6 is 0 Å². The number of hydrogen-bond donors (Lipinski definition) is 2. The molecule has 90 valence electrons. The number of carbonyl (C=O) groups excluding carboxylic acids is 1. The zero-order chi connectivity index (χ0) is 12.5. The highest BCUT2D eigenvalue weighted by atomic mass is 16.6. The molecule has 0 aliphatic rings. The van der Waals surface area contributed by atoms with Crippen molar-refractivity contribution in [2.45, 2.75) is 46.6 Å². The van der Waals surface area contributed by atoms with Crippen LogP contribution in [0.4, 0.5) is 4.79 Å². The van der Waals surface area contributed by atoms with Gasteiger partial charge in [0.25, 0.3) is 0 Å². The van der Waals surface area contributed by atoms with Crippen LogP contribution in [0.15, 0.2) is 0 Å². The number of carbonyl (C=O) groups is 2. The van der Waals surface area contributed by atoms with E-state index >= 15 is 0 Å². The smallest absolute Gasteiger partial charge is 0.407 e. The van der Waals surface area contributed by atoms with Crippen LogP contribution in [0.3, 0.4) is 0 Å². The van der Waals surface area contributed by atoms with Crippen LogP contribution < -0.4 is 5.32 Å². The van der Waals surface area contributed by atoms with Gasteiger partial charge in [0.1, 0.15) is 5.60 Å². The van der Waals surface area contributed by atoms with Gasteiger partial charge in [0, 0.05) is 6.54 Å². The number of carboxylic acid groups (broad SMARTS) is 1. The summed E-state index contributed by atoms with van der Waals surface area (Å²) >= 11 is 0. The predicted octanol–water partition coefficient (Wildman–Crippen LogP) is 2.01. The molecule has 0 radical (unpaired) electrons. The van der Waals surface area contributed by atoms with Crippen molar-refractivity contribution in [3.8, 4) is 0 Å². The molecule has 0 atom stereocenters. The molecule has 0 spiro atoms. The first kappa shape index (κ1) is 16.2. The molecule has 0 aromatic carbocycles. The fraction of sp³-hybridized carbons (Fsp3) is 0.800. The number of carboxylic acids is 1. The summed E-state index contributed by atoms with van der Waals surface area (Å²) in [4.78, 5) is 21.0. The minimum absolute atomic E-state index is 0.0875. The van der Waals surface area contributed by atoms with E-state index in [1.165, 1.54) is 0 Å². The topological polar surface area (TPSA) is 75.6 Å². The van der Waals surface area contributed by atoms with E-state index in [2.05, 4.69) is 5.32 Å². The number of nitrogens with one attached hydrogen (secondary N) is 1. The van der Waals surface area contributed by atoms with E-state index in [9.17, 15) is 9.59 Å². The quantitative estimate of drug-likeness (QED) is 0.761. The van der Waals surface area contributed by atoms with Gasteiger partial charge in [-0.1, -0.05) is 13.8 Å². The molecule has 0 saturated heterocycles. The summed E-state index contributed by atoms with van der Waals surface area (Å²) in [5.41, 5.74) is -0.548. The maximum Gasteiger partial charge on any atom is 0.407 e. The lowest BCUT2D eigenvalue weighted by Crippen LogP contribution is -2.33. The predicted molar refractivity (Wildman–Crippen MR) is 57.8 cm³/mol. The molecule has 0 rings (SSSR count). The molecule has 1 amide bonds. The Morgan fingerprint density at radius 1 is 1.27 bits per heavy atom. The highest BCUT2D eigenvalue weighted by molar-refractivity contribution is 5.70. The van der Waals surface area contributed by atoms with Crippen molar-refractivity contribution < 1.29 is 19.4 Å². The van der Waals surface area contributed by atoms with E-state index in [4.69, 9.17) is 9.84 Å². The van der Waals surface area contributed by atoms with Gasteiger partial charge in [0.05, 0.1) is 6.42 Å². The van der Waals surface area contributed by atoms with E-state index in [1.807, 2.05) is 13.8 Å². The fourth-order valence-electron chi connectivity index (χ4n) is 0.586. The van der Waals surface area contributed by atoms with Crippen molar-refractivity contribution >= 4 is 12.1 Å². The van der Waals surface area contributed by atoms with E-state index < -0.39 is 17.7 Å². The third kappa shape index (κ3) is 15.5. The molecule has 0 saturated carbocycles. The molecule has 0 bridgehead atoms. The molecule has 0 fully saturated rings. The highest BCUT2D eigenvalue weighted by Gasteiger charge is 2.15. The van der Waals surface area contributed by atoms with Gasteiger partial charge in [-0.25, -0.2) is 4.79 Å². The van der Waals surface area contributed by atoms with Gasteiger partial charge in [0.2, 0.25) is 0 Å². The summed E-state index contributed by atoms with van der Waals surface area (Å²) in [6, 6.07) is 0. The van der Waals surface area contributed by atoms with Gasteiger partial charge in [-0.2, -0.15) is 0 Å². The normalized spacial score (nSPS) is 9.67. The average Bonchev–Trinajstić information content (AvgIpc) is 2.03. The van der Waals surface area contributed by atoms with Crippen LogP contribution in [0.5, 0.6) is 0 Å². The monoisotopic (exact) mass is 219 g/mol. The maximum absolute atomic E-state index is 10.9. The lowest BCUT2D eigenvalue weighted by atomic mass is 10.2. The van der Waals surface area contributed by atoms with Crippen molar-refractivity contribution in [3.05, 3.63) is 0 Å². The van der Waals surface area contributed by atoms with Gasteiger partial charge in [-0.05, 0) is 20.8 Å². The molecule has 0 unspecified atom stereocenters. The summed E-state index contributed by atoms with van der Waals surface area (Å²) in [5, 5.41) is 10.6. The van der Waals surface area contributed by atoms with E-state index in [0.29, 0.717) is 0 Å². The SMILES string of the molecule is CC.CC(C)(C)OC(=O)NCCC(=O)O. The molecule has 5 nitrogen and oxygen atoms in total. The van der Waals surface area contributed by atoms with Crippen LogP contribution in [0, 0.1) is 0 Å². The number of rotatable bonds is 3. The lowest BCUT2D eigenvalue weighted by molar-refractivity contribution is -0.136. The second-order valence-electron chi connectivity index (χ2n) is 3.57. The Labute approximate surface area is 90.8 Å². The summed E-state index contributed by atoms with van der Waals surface area (Å²) in [6.45, 7) is 9.31. The Balaban J connectivity index is 0. The average molecular weight is 219 g/mol. The van der Waals surface area contributed by atoms with Crippen molar-refractivity contribution in [1.29, 1.82) is 0 Å². The number of amides is 1. The first-order valence-corrected chi connectivity index (χ1v) is 5.00. The summed E-state index contributed by atoms with van der Waals surface area (Å²) in [6.07, 6.45) is -0.687. The van der Waals surface area contributed by atoms with Crippen LogP contribution in [-0.4, -0.2) is 29.3 Å². The second-order valence-corrected chi connectivity index (χ2v) is 3.57. The molecule has 0 aromatic heterocycles. The lowest BCUT2D eigenvalue weighted by Gasteiger charge is -2.19. The van der Waals surface area contributed by atoms with Crippen LogP contribution in [-0.2, 0) is 9.53 Å². The summed E-state index contributed by atoms with van der Waals surface area (Å²) in [7, 11) is 0. The molecule has 0 aromatic rings. The Morgan fingerprint density at radius 2 is 1.73 bits per heavy atom. The van der Waals surface area contributed by atoms with Crippen LogP contribution in [0.25, 0.3) is 0 Å². The maximum atomic E-state index is 10.9. The molecular weight excluding hydrogens is 198 g/mol. The fourth-order valence-corrected chi connectivity index (χ4v) is 0.586. The second kappa shape index (κ2) is 8.08. The molecular formula is C10H21NO4. The Kier molecular flexibility index (Phi) is 8.72. The molecule has 0 aliphatic carbocycles. The first-order valence-electron chi connectivity index (χ1n) is 5.00. The Hall–Kier alpha value is -1.26. The molecule has 0 aliphatic heterocycles. The van der Waals surface area contributed by atoms with Crippen molar-refractivity contribution in [2.75, 3.05) is 6.54 Å². The van der Waals surface area contributed by atoms with Crippen molar-refractivity contribution in [2.24, 2.45) is 0 Å². The van der Waals surface area contributed by atoms with Gasteiger partial charge < -0.3 is 15.2 Å². The Bertz CT molecular complexity index is 196. The van der Waals surface area contributed by atoms with Crippen molar-refractivity contribution in [1.82, 2.24) is 5.32 Å². The van der Waals surface area contributed by atoms with E-state index in [1.54, 1.807) is 20.8 Å². The molecule has 15 heavy (non-hydrogen) atoms. The third-order valence-corrected chi connectivity index (χ3v) is 1.01. The number of ether oxygens (including phenoxy) is 1. The Morgan fingerprint density at radius 3 is 2.07 bits per heavy atom. The highest BCUT2D eigenvalue weighted by Crippen LogP contribution is 2.06. The van der Waals surface area contributed by atoms with Gasteiger partial charge >= 0.3 is 12.1 Å². The minimum atomic E-state index is -0.948. The zero-order valence-corrected chi connectivity index (χ0v) is 10.1. The summed E-state index contributed by atoms with van der Waals surface area (Å²) < 4.78 is 4.88. The third-order valence-electron chi connectivity index (χ3n) is 1.01. The molecule has 2 N–H and O–H groups in total. The van der Waals surface area contributed by atoms with Gasteiger partial charge in [-0.3, -0.25) is 4.79 Å². The van der Waals surface area contributed by atoms with Crippen LogP contribution in [0.2, 0.25) is 0 Å². The van der Waals surface area contributed by atoms with E-state index in [-0.39, 0.29) is 13.0 Å². The number of aliphatic carboxylic acids is 1. The first-order chi connectivity index (χ1) is 6.81. The molecule has 5 heteroatoms. The zero-order valence-electron chi connectivity index (χ0n) is 10.1.